The van der Waals surface area contributed by atoms with Crippen LogP contribution in [0.4, 0.5) is 8.78 Å². The molecule has 2 aliphatic rings. The van der Waals surface area contributed by atoms with Gasteiger partial charge in [-0.2, -0.15) is 36.8 Å². The summed E-state index contributed by atoms with van der Waals surface area (Å²) in [6.45, 7) is 7.87. The van der Waals surface area contributed by atoms with Crippen molar-refractivity contribution >= 4 is 22.4 Å². The van der Waals surface area contributed by atoms with Crippen LogP contribution in [-0.4, -0.2) is 0 Å². The van der Waals surface area contributed by atoms with Crippen LogP contribution in [-0.2, 0) is 0 Å². The van der Waals surface area contributed by atoms with E-state index in [9.17, 15) is 36.8 Å². The van der Waals surface area contributed by atoms with E-state index in [0.29, 0.717) is 0 Å². The zero-order valence-corrected chi connectivity index (χ0v) is 22.0. The molecule has 0 aliphatic heterocycles. The van der Waals surface area contributed by atoms with Gasteiger partial charge in [0.25, 0.3) is 0 Å². The van der Waals surface area contributed by atoms with E-state index in [1.165, 1.54) is 48.5 Å². The maximum Gasteiger partial charge on any atom is 0.231 e. The lowest BCUT2D eigenvalue weighted by Gasteiger charge is -2.23. The first kappa shape index (κ1) is 27.9. The number of benzene rings is 3. The van der Waals surface area contributed by atoms with Gasteiger partial charge in [-0.15, -0.1) is 0 Å². The second-order valence-electron chi connectivity index (χ2n) is 9.15. The molecule has 0 heterocycles. The van der Waals surface area contributed by atoms with Gasteiger partial charge in [-0.3, -0.25) is 0 Å². The minimum Gasteiger partial charge on any atom is -0.234 e. The fourth-order valence-electron chi connectivity index (χ4n) is 5.37. The zero-order valence-electron chi connectivity index (χ0n) is 22.0. The van der Waals surface area contributed by atoms with Crippen molar-refractivity contribution in [2.75, 3.05) is 0 Å². The first-order valence-electron chi connectivity index (χ1n) is 12.3. The van der Waals surface area contributed by atoms with Crippen LogP contribution >= 0.6 is 0 Å². The summed E-state index contributed by atoms with van der Waals surface area (Å²) >= 11 is 0. The van der Waals surface area contributed by atoms with Gasteiger partial charge in [0.15, 0.2) is 5.83 Å². The number of nitriles is 7. The van der Waals surface area contributed by atoms with Crippen molar-refractivity contribution in [3.05, 3.63) is 116 Å². The van der Waals surface area contributed by atoms with E-state index in [4.69, 9.17) is 6.57 Å². The molecule has 8 nitrogen and oxygen atoms in total. The highest BCUT2D eigenvalue weighted by Gasteiger charge is 2.43. The lowest BCUT2D eigenvalue weighted by atomic mass is 9.78. The van der Waals surface area contributed by atoms with Crippen molar-refractivity contribution in [2.45, 2.75) is 0 Å². The number of nitrogens with zero attached hydrogens (tertiary/aromatic N) is 8. The largest absolute Gasteiger partial charge is 0.234 e. The molecule has 0 N–H and O–H groups in total. The number of hydrogen-bond acceptors (Lipinski definition) is 7. The Morgan fingerprint density at radius 3 is 1.32 bits per heavy atom. The SMILES string of the molecule is [C-]#[N+]C1=C(F)C(=C(C#N)C#N)c2c1c(-c1ccc(C#N)cc1)c1c(c2-c2ccc(C#N)cc2)C(=C(C#N)C#N)C(F)=C1C#N. The van der Waals surface area contributed by atoms with E-state index in [-0.39, 0.29) is 55.6 Å². The Kier molecular flexibility index (Phi) is 6.83. The van der Waals surface area contributed by atoms with Crippen molar-refractivity contribution in [2.24, 2.45) is 0 Å². The molecule has 0 saturated carbocycles. The Morgan fingerprint density at radius 2 is 0.932 bits per heavy atom. The molecule has 2 aliphatic carbocycles. The molecule has 0 aromatic heterocycles. The molecule has 0 bridgehead atoms. The smallest absolute Gasteiger partial charge is 0.231 e. The summed E-state index contributed by atoms with van der Waals surface area (Å²) in [7, 11) is 0. The second-order valence-corrected chi connectivity index (χ2v) is 9.15. The third kappa shape index (κ3) is 3.81. The number of allylic oxidation sites excluding steroid dienone is 7. The molecule has 198 valence electrons. The number of rotatable bonds is 2. The van der Waals surface area contributed by atoms with E-state index < -0.39 is 45.2 Å². The van der Waals surface area contributed by atoms with Crippen LogP contribution in [0.25, 0.3) is 49.5 Å². The fraction of sp³-hybridized carbons (Fsp3) is 0. The maximum absolute atomic E-state index is 16.3. The van der Waals surface area contributed by atoms with Crippen molar-refractivity contribution in [1.82, 2.24) is 0 Å². The van der Waals surface area contributed by atoms with Gasteiger partial charge in [-0.25, -0.2) is 13.6 Å². The average Bonchev–Trinajstić information content (AvgIpc) is 3.51. The lowest BCUT2D eigenvalue weighted by molar-refractivity contribution is 0.681. The van der Waals surface area contributed by atoms with E-state index in [0.717, 1.165) is 0 Å². The lowest BCUT2D eigenvalue weighted by Crippen LogP contribution is -2.04. The van der Waals surface area contributed by atoms with Crippen LogP contribution in [0.2, 0.25) is 0 Å². The Labute approximate surface area is 248 Å². The third-order valence-electron chi connectivity index (χ3n) is 7.13. The monoisotopic (exact) mass is 566 g/mol. The molecule has 0 atom stereocenters. The number of fused-ring (bicyclic) bond motifs is 2. The predicted octanol–water partition coefficient (Wildman–Crippen LogP) is 7.15. The number of hydrogen-bond donors (Lipinski definition) is 0. The normalized spacial score (nSPS) is 12.3. The van der Waals surface area contributed by atoms with Crippen molar-refractivity contribution in [3.8, 4) is 64.7 Å². The van der Waals surface area contributed by atoms with Gasteiger partial charge in [0.1, 0.15) is 47.3 Å². The highest BCUT2D eigenvalue weighted by molar-refractivity contribution is 6.20. The summed E-state index contributed by atoms with van der Waals surface area (Å²) in [5.41, 5.74) is -3.67. The molecule has 0 radical (unpaired) electrons. The minimum atomic E-state index is -1.21. The fourth-order valence-corrected chi connectivity index (χ4v) is 5.37. The zero-order chi connectivity index (χ0) is 31.7. The Hall–Kier alpha value is -7.60. The van der Waals surface area contributed by atoms with Gasteiger partial charge in [0.2, 0.25) is 5.70 Å². The molecule has 3 aromatic rings. The van der Waals surface area contributed by atoms with Gasteiger partial charge in [-0.1, -0.05) is 24.3 Å². The molecular weight excluding hydrogens is 558 g/mol. The van der Waals surface area contributed by atoms with Gasteiger partial charge in [0, 0.05) is 27.8 Å². The second kappa shape index (κ2) is 10.8. The summed E-state index contributed by atoms with van der Waals surface area (Å²) < 4.78 is 32.6. The highest BCUT2D eigenvalue weighted by Crippen LogP contribution is 2.60. The summed E-state index contributed by atoms with van der Waals surface area (Å²) in [6, 6.07) is 23.6. The molecule has 10 heteroatoms. The van der Waals surface area contributed by atoms with E-state index in [2.05, 4.69) is 4.85 Å². The minimum absolute atomic E-state index is 0.0415. The van der Waals surface area contributed by atoms with Crippen molar-refractivity contribution < 1.29 is 8.78 Å². The molecule has 44 heavy (non-hydrogen) atoms. The first-order chi connectivity index (χ1) is 21.3. The molecule has 3 aromatic carbocycles. The van der Waals surface area contributed by atoms with Crippen LogP contribution in [0.15, 0.2) is 71.3 Å². The molecule has 0 saturated heterocycles. The molecule has 0 spiro atoms. The van der Waals surface area contributed by atoms with Crippen LogP contribution < -0.4 is 0 Å². The highest BCUT2D eigenvalue weighted by atomic mass is 19.1. The van der Waals surface area contributed by atoms with Crippen LogP contribution in [0.1, 0.15) is 33.4 Å². The molecule has 5 rings (SSSR count). The molecule has 0 fully saturated rings. The Balaban J connectivity index is 2.21. The van der Waals surface area contributed by atoms with Gasteiger partial charge in [0.05, 0.1) is 35.4 Å². The Morgan fingerprint density at radius 1 is 0.523 bits per heavy atom. The molecular formula is C34H8F2N8. The van der Waals surface area contributed by atoms with Crippen LogP contribution in [0.5, 0.6) is 0 Å². The van der Waals surface area contributed by atoms with Crippen LogP contribution in [0.3, 0.4) is 0 Å². The predicted molar refractivity (Wildman–Crippen MR) is 151 cm³/mol. The van der Waals surface area contributed by atoms with E-state index in [1.807, 2.05) is 12.1 Å². The topological polar surface area (TPSA) is 171 Å². The van der Waals surface area contributed by atoms with Crippen molar-refractivity contribution in [3.63, 3.8) is 0 Å². The summed E-state index contributed by atoms with van der Waals surface area (Å²) in [4.78, 5) is 3.37. The van der Waals surface area contributed by atoms with Crippen LogP contribution in [0, 0.1) is 85.9 Å². The third-order valence-corrected chi connectivity index (χ3v) is 7.13. The van der Waals surface area contributed by atoms with Gasteiger partial charge < -0.3 is 0 Å². The first-order valence-corrected chi connectivity index (χ1v) is 12.3. The van der Waals surface area contributed by atoms with Gasteiger partial charge >= 0.3 is 0 Å². The maximum atomic E-state index is 16.3. The Bertz CT molecular complexity index is 2210. The standard InChI is InChI=1S/C34H8F2N8/c1-44-34-31-24(19-6-2-17(10-37)3-7-19)28-23(16-43)32(35)26(21(12-39)13-40)29(28)25(20-8-4-18(11-38)5-9-20)30(31)27(33(34)36)22(14-41)15-42/h2-9H. The average molecular weight is 566 g/mol. The summed E-state index contributed by atoms with van der Waals surface area (Å²) in [6.07, 6.45) is 0. The van der Waals surface area contributed by atoms with Crippen molar-refractivity contribution in [1.29, 1.82) is 36.8 Å². The van der Waals surface area contributed by atoms with E-state index in [1.54, 1.807) is 30.3 Å². The molecule has 0 unspecified atom stereocenters. The van der Waals surface area contributed by atoms with Gasteiger partial charge in [-0.05, 0) is 52.1 Å². The number of halogens is 2. The molecule has 0 amide bonds. The summed E-state index contributed by atoms with van der Waals surface area (Å²) in [5, 5.41) is 68.2. The van der Waals surface area contributed by atoms with E-state index >= 15 is 8.78 Å². The quantitative estimate of drug-likeness (QED) is 0.234. The summed E-state index contributed by atoms with van der Waals surface area (Å²) in [5.74, 6) is -2.43.